The Morgan fingerprint density at radius 3 is 2.06 bits per heavy atom. The lowest BCUT2D eigenvalue weighted by atomic mass is 9.90. The minimum Gasteiger partial charge on any atom is -0.358 e. The van der Waals surface area contributed by atoms with Gasteiger partial charge in [-0.15, -0.1) is 0 Å². The van der Waals surface area contributed by atoms with Crippen molar-refractivity contribution in [3.05, 3.63) is 107 Å². The number of halogens is 2. The molecule has 172 valence electrons. The van der Waals surface area contributed by atoms with Crippen LogP contribution >= 0.6 is 0 Å². The van der Waals surface area contributed by atoms with E-state index in [-0.39, 0.29) is 36.0 Å². The average Bonchev–Trinajstić information content (AvgIpc) is 3.25. The van der Waals surface area contributed by atoms with E-state index in [1.165, 1.54) is 29.3 Å². The Morgan fingerprint density at radius 2 is 1.52 bits per heavy atom. The van der Waals surface area contributed by atoms with Gasteiger partial charge in [-0.05, 0) is 29.7 Å². The van der Waals surface area contributed by atoms with Gasteiger partial charge in [0, 0.05) is 44.2 Å². The zero-order valence-corrected chi connectivity index (χ0v) is 18.7. The van der Waals surface area contributed by atoms with Gasteiger partial charge < -0.3 is 10.6 Å². The standard InChI is InChI=1S/C27H29F2N3O/c1-30-27(33)26-15-21(31-16-22-24(28)13-8-14-25(22)29)17-32(26)18-23(19-9-4-2-5-10-19)20-11-6-3-7-12-20/h2-14,21,23,26,31H,15-18H2,1H3,(H,30,33)/t21-,26+/m1/s1. The molecule has 2 N–H and O–H groups in total. The van der Waals surface area contributed by atoms with E-state index in [2.05, 4.69) is 39.8 Å². The van der Waals surface area contributed by atoms with Crippen LogP contribution in [0.2, 0.25) is 0 Å². The number of hydrogen-bond acceptors (Lipinski definition) is 3. The van der Waals surface area contributed by atoms with E-state index in [9.17, 15) is 13.6 Å². The molecule has 0 unspecified atom stereocenters. The molecule has 4 nitrogen and oxygen atoms in total. The Morgan fingerprint density at radius 1 is 0.939 bits per heavy atom. The largest absolute Gasteiger partial charge is 0.358 e. The van der Waals surface area contributed by atoms with Crippen molar-refractivity contribution in [1.82, 2.24) is 15.5 Å². The predicted molar refractivity (Wildman–Crippen MR) is 126 cm³/mol. The third kappa shape index (κ3) is 5.46. The van der Waals surface area contributed by atoms with Gasteiger partial charge in [-0.2, -0.15) is 0 Å². The number of nitrogens with zero attached hydrogens (tertiary/aromatic N) is 1. The van der Waals surface area contributed by atoms with Gasteiger partial charge in [-0.1, -0.05) is 66.7 Å². The van der Waals surface area contributed by atoms with Gasteiger partial charge in [0.2, 0.25) is 5.91 Å². The van der Waals surface area contributed by atoms with E-state index in [4.69, 9.17) is 0 Å². The fourth-order valence-corrected chi connectivity index (χ4v) is 4.65. The first-order valence-electron chi connectivity index (χ1n) is 11.3. The van der Waals surface area contributed by atoms with Crippen molar-refractivity contribution in [2.45, 2.75) is 31.0 Å². The highest BCUT2D eigenvalue weighted by molar-refractivity contribution is 5.81. The van der Waals surface area contributed by atoms with E-state index in [0.29, 0.717) is 19.5 Å². The molecule has 0 saturated carbocycles. The number of rotatable bonds is 8. The molecule has 1 heterocycles. The van der Waals surface area contributed by atoms with Gasteiger partial charge >= 0.3 is 0 Å². The van der Waals surface area contributed by atoms with Gasteiger partial charge in [0.05, 0.1) is 6.04 Å². The van der Waals surface area contributed by atoms with Crippen LogP contribution in [0, 0.1) is 11.6 Å². The highest BCUT2D eigenvalue weighted by Gasteiger charge is 2.37. The van der Waals surface area contributed by atoms with E-state index in [0.717, 1.165) is 0 Å². The number of benzene rings is 3. The van der Waals surface area contributed by atoms with Gasteiger partial charge in [0.25, 0.3) is 0 Å². The van der Waals surface area contributed by atoms with Crippen LogP contribution in [0.1, 0.15) is 29.0 Å². The number of carbonyl (C=O) groups excluding carboxylic acids is 1. The van der Waals surface area contributed by atoms with Crippen LogP contribution in [-0.4, -0.2) is 43.0 Å². The molecule has 33 heavy (non-hydrogen) atoms. The summed E-state index contributed by atoms with van der Waals surface area (Å²) in [5, 5.41) is 6.04. The lowest BCUT2D eigenvalue weighted by Gasteiger charge is -2.28. The zero-order chi connectivity index (χ0) is 23.2. The Hall–Kier alpha value is -3.09. The molecule has 1 amide bonds. The fourth-order valence-electron chi connectivity index (χ4n) is 4.65. The van der Waals surface area contributed by atoms with Crippen molar-refractivity contribution >= 4 is 5.91 Å². The lowest BCUT2D eigenvalue weighted by Crippen LogP contribution is -2.43. The van der Waals surface area contributed by atoms with Gasteiger partial charge in [-0.3, -0.25) is 9.69 Å². The highest BCUT2D eigenvalue weighted by atomic mass is 19.1. The molecule has 3 aromatic rings. The van der Waals surface area contributed by atoms with Gasteiger partial charge in [0.15, 0.2) is 0 Å². The number of amides is 1. The molecule has 0 bridgehead atoms. The number of likely N-dealkylation sites (N-methyl/N-ethyl adjacent to an activating group) is 1. The van der Waals surface area contributed by atoms with Crippen LogP contribution in [-0.2, 0) is 11.3 Å². The Balaban J connectivity index is 1.53. The molecule has 0 aliphatic carbocycles. The molecule has 1 saturated heterocycles. The van der Waals surface area contributed by atoms with Crippen molar-refractivity contribution in [1.29, 1.82) is 0 Å². The Bertz CT molecular complexity index is 1000. The van der Waals surface area contributed by atoms with Gasteiger partial charge in [0.1, 0.15) is 11.6 Å². The molecular formula is C27H29F2N3O. The molecule has 4 rings (SSSR count). The number of carbonyl (C=O) groups is 1. The third-order valence-electron chi connectivity index (χ3n) is 6.40. The van der Waals surface area contributed by atoms with Crippen LogP contribution < -0.4 is 10.6 Å². The first-order chi connectivity index (χ1) is 16.1. The molecule has 0 spiro atoms. The number of hydrogen-bond donors (Lipinski definition) is 2. The molecule has 1 aliphatic rings. The van der Waals surface area contributed by atoms with E-state index in [1.54, 1.807) is 7.05 Å². The Kier molecular flexibility index (Phi) is 7.47. The maximum absolute atomic E-state index is 14.1. The van der Waals surface area contributed by atoms with E-state index < -0.39 is 11.6 Å². The SMILES string of the molecule is CNC(=O)[C@@H]1C[C@@H](NCc2c(F)cccc2F)CN1CC(c1ccccc1)c1ccccc1. The molecule has 0 radical (unpaired) electrons. The lowest BCUT2D eigenvalue weighted by molar-refractivity contribution is -0.125. The summed E-state index contributed by atoms with van der Waals surface area (Å²) in [5.74, 6) is -1.07. The first kappa shape index (κ1) is 23.1. The van der Waals surface area contributed by atoms with Crippen molar-refractivity contribution in [3.8, 4) is 0 Å². The maximum atomic E-state index is 14.1. The second-order valence-electron chi connectivity index (χ2n) is 8.47. The molecular weight excluding hydrogens is 420 g/mol. The van der Waals surface area contributed by atoms with E-state index in [1.807, 2.05) is 36.4 Å². The molecule has 3 aromatic carbocycles. The van der Waals surface area contributed by atoms with Crippen LogP contribution in [0.15, 0.2) is 78.9 Å². The summed E-state index contributed by atoms with van der Waals surface area (Å²) < 4.78 is 28.1. The summed E-state index contributed by atoms with van der Waals surface area (Å²) >= 11 is 0. The topological polar surface area (TPSA) is 44.4 Å². The zero-order valence-electron chi connectivity index (χ0n) is 18.7. The van der Waals surface area contributed by atoms with E-state index >= 15 is 0 Å². The van der Waals surface area contributed by atoms with Crippen molar-refractivity contribution in [2.24, 2.45) is 0 Å². The molecule has 1 fully saturated rings. The third-order valence-corrected chi connectivity index (χ3v) is 6.40. The highest BCUT2D eigenvalue weighted by Crippen LogP contribution is 2.29. The minimum absolute atomic E-state index is 0.0268. The molecule has 6 heteroatoms. The molecule has 2 atom stereocenters. The monoisotopic (exact) mass is 449 g/mol. The van der Waals surface area contributed by atoms with Gasteiger partial charge in [-0.25, -0.2) is 8.78 Å². The predicted octanol–water partition coefficient (Wildman–Crippen LogP) is 4.08. The average molecular weight is 450 g/mol. The molecule has 0 aromatic heterocycles. The quantitative estimate of drug-likeness (QED) is 0.545. The summed E-state index contributed by atoms with van der Waals surface area (Å²) in [7, 11) is 1.64. The summed E-state index contributed by atoms with van der Waals surface area (Å²) in [5.41, 5.74) is 2.40. The fraction of sp³-hybridized carbons (Fsp3) is 0.296. The first-order valence-corrected chi connectivity index (χ1v) is 11.3. The van der Waals surface area contributed by atoms with Crippen LogP contribution in [0.5, 0.6) is 0 Å². The Labute approximate surface area is 193 Å². The second-order valence-corrected chi connectivity index (χ2v) is 8.47. The summed E-state index contributed by atoms with van der Waals surface area (Å²) in [6.07, 6.45) is 0.575. The summed E-state index contributed by atoms with van der Waals surface area (Å²) in [4.78, 5) is 14.9. The normalized spacial score (nSPS) is 18.5. The van der Waals surface area contributed by atoms with Crippen LogP contribution in [0.4, 0.5) is 8.78 Å². The van der Waals surface area contributed by atoms with Crippen LogP contribution in [0.25, 0.3) is 0 Å². The number of nitrogens with one attached hydrogen (secondary N) is 2. The van der Waals surface area contributed by atoms with Crippen molar-refractivity contribution in [2.75, 3.05) is 20.1 Å². The second kappa shape index (κ2) is 10.7. The number of likely N-dealkylation sites (tertiary alicyclic amines) is 1. The van der Waals surface area contributed by atoms with Crippen molar-refractivity contribution < 1.29 is 13.6 Å². The van der Waals surface area contributed by atoms with Crippen molar-refractivity contribution in [3.63, 3.8) is 0 Å². The minimum atomic E-state index is -0.562. The van der Waals surface area contributed by atoms with Crippen LogP contribution in [0.3, 0.4) is 0 Å². The maximum Gasteiger partial charge on any atom is 0.237 e. The smallest absolute Gasteiger partial charge is 0.237 e. The molecule has 1 aliphatic heterocycles. The summed E-state index contributed by atoms with van der Waals surface area (Å²) in [6, 6.07) is 24.1. The summed E-state index contributed by atoms with van der Waals surface area (Å²) in [6.45, 7) is 1.36.